The van der Waals surface area contributed by atoms with E-state index >= 15 is 0 Å². The summed E-state index contributed by atoms with van der Waals surface area (Å²) in [5.41, 5.74) is 1.08. The van der Waals surface area contributed by atoms with Gasteiger partial charge in [0.05, 0.1) is 24.7 Å². The van der Waals surface area contributed by atoms with E-state index in [1.165, 1.54) is 37.0 Å². The number of nitro groups is 1. The fourth-order valence-electron chi connectivity index (χ4n) is 3.00. The second kappa shape index (κ2) is 7.28. The van der Waals surface area contributed by atoms with E-state index in [0.717, 1.165) is 5.56 Å². The van der Waals surface area contributed by atoms with Crippen molar-refractivity contribution in [1.29, 1.82) is 0 Å². The molecule has 0 amide bonds. The third-order valence-electron chi connectivity index (χ3n) is 4.21. The van der Waals surface area contributed by atoms with Crippen molar-refractivity contribution in [2.45, 2.75) is 6.54 Å². The molecular weight excluding hydrogens is 352 g/mol. The first-order valence-electron chi connectivity index (χ1n) is 7.99. The van der Waals surface area contributed by atoms with Gasteiger partial charge in [0.25, 0.3) is 5.69 Å². The van der Waals surface area contributed by atoms with E-state index < -0.39 is 16.9 Å². The van der Waals surface area contributed by atoms with Crippen LogP contribution in [0.5, 0.6) is 0 Å². The largest absolute Gasteiger partial charge is 0.465 e. The van der Waals surface area contributed by atoms with Crippen LogP contribution in [-0.2, 0) is 16.0 Å². The van der Waals surface area contributed by atoms with Crippen LogP contribution in [0, 0.1) is 10.1 Å². The van der Waals surface area contributed by atoms with Crippen LogP contribution in [0.3, 0.4) is 0 Å². The number of carbonyl (C=O) groups excluding carboxylic acids is 2. The number of hydrogen-bond donors (Lipinski definition) is 0. The molecule has 1 heterocycles. The Morgan fingerprint density at radius 1 is 1.04 bits per heavy atom. The molecule has 0 saturated carbocycles. The SMILES string of the molecule is COC(=O)c1c(C(=O)OC)n(Cc2ccccc2)c2cc([N+](=O)[O-])ccc12. The van der Waals surface area contributed by atoms with Crippen molar-refractivity contribution in [3.63, 3.8) is 0 Å². The van der Waals surface area contributed by atoms with Crippen molar-refractivity contribution in [1.82, 2.24) is 4.57 Å². The van der Waals surface area contributed by atoms with Crippen LogP contribution in [0.15, 0.2) is 48.5 Å². The molecule has 0 bridgehead atoms. The van der Waals surface area contributed by atoms with E-state index in [4.69, 9.17) is 9.47 Å². The van der Waals surface area contributed by atoms with Crippen molar-refractivity contribution < 1.29 is 24.0 Å². The predicted molar refractivity (Wildman–Crippen MR) is 96.8 cm³/mol. The first-order chi connectivity index (χ1) is 13.0. The van der Waals surface area contributed by atoms with E-state index in [2.05, 4.69) is 0 Å². The molecule has 8 heteroatoms. The Hall–Kier alpha value is -3.68. The zero-order valence-electron chi connectivity index (χ0n) is 14.7. The van der Waals surface area contributed by atoms with Gasteiger partial charge in [0, 0.05) is 24.1 Å². The normalized spacial score (nSPS) is 10.6. The maximum Gasteiger partial charge on any atom is 0.355 e. The Bertz CT molecular complexity index is 1040. The average molecular weight is 368 g/mol. The summed E-state index contributed by atoms with van der Waals surface area (Å²) in [7, 11) is 2.41. The lowest BCUT2D eigenvalue weighted by atomic mass is 10.1. The molecular formula is C19H16N2O6. The Morgan fingerprint density at radius 2 is 1.70 bits per heavy atom. The highest BCUT2D eigenvalue weighted by Crippen LogP contribution is 2.31. The van der Waals surface area contributed by atoms with Crippen LogP contribution in [0.1, 0.15) is 26.4 Å². The number of benzene rings is 2. The summed E-state index contributed by atoms with van der Waals surface area (Å²) >= 11 is 0. The highest BCUT2D eigenvalue weighted by molar-refractivity contribution is 6.13. The Balaban J connectivity index is 2.36. The van der Waals surface area contributed by atoms with Gasteiger partial charge in [0.15, 0.2) is 0 Å². The number of nitro benzene ring substituents is 1. The average Bonchev–Trinajstić information content (AvgIpc) is 3.01. The van der Waals surface area contributed by atoms with Crippen LogP contribution in [-0.4, -0.2) is 35.6 Å². The minimum Gasteiger partial charge on any atom is -0.465 e. The zero-order chi connectivity index (χ0) is 19.6. The Kier molecular flexibility index (Phi) is 4.89. The van der Waals surface area contributed by atoms with Crippen molar-refractivity contribution in [2.24, 2.45) is 0 Å². The van der Waals surface area contributed by atoms with Gasteiger partial charge >= 0.3 is 11.9 Å². The lowest BCUT2D eigenvalue weighted by molar-refractivity contribution is -0.384. The molecule has 2 aromatic carbocycles. The number of non-ortho nitro benzene ring substituents is 1. The van der Waals surface area contributed by atoms with Gasteiger partial charge in [-0.2, -0.15) is 0 Å². The summed E-state index contributed by atoms with van der Waals surface area (Å²) in [6.45, 7) is 0.222. The molecule has 3 aromatic rings. The Morgan fingerprint density at radius 3 is 2.30 bits per heavy atom. The standard InChI is InChI=1S/C19H16N2O6/c1-26-18(22)16-14-9-8-13(21(24)25)10-15(14)20(17(16)19(23)27-2)11-12-6-4-3-5-7-12/h3-10H,11H2,1-2H3. The minimum atomic E-state index is -0.731. The maximum atomic E-state index is 12.5. The first-order valence-corrected chi connectivity index (χ1v) is 7.99. The van der Waals surface area contributed by atoms with Gasteiger partial charge in [-0.05, 0) is 11.6 Å². The van der Waals surface area contributed by atoms with Gasteiger partial charge in [-0.25, -0.2) is 9.59 Å². The quantitative estimate of drug-likeness (QED) is 0.389. The van der Waals surface area contributed by atoms with E-state index in [9.17, 15) is 19.7 Å². The fourth-order valence-corrected chi connectivity index (χ4v) is 3.00. The summed E-state index contributed by atoms with van der Waals surface area (Å²) in [6.07, 6.45) is 0. The molecule has 0 N–H and O–H groups in total. The molecule has 0 unspecified atom stereocenters. The molecule has 8 nitrogen and oxygen atoms in total. The molecule has 0 saturated heterocycles. The number of hydrogen-bond acceptors (Lipinski definition) is 6. The molecule has 0 aliphatic carbocycles. The number of nitrogens with zero attached hydrogens (tertiary/aromatic N) is 2. The number of esters is 2. The Labute approximate surface area is 154 Å². The van der Waals surface area contributed by atoms with Crippen molar-refractivity contribution >= 4 is 28.5 Å². The van der Waals surface area contributed by atoms with Crippen LogP contribution in [0.25, 0.3) is 10.9 Å². The highest BCUT2D eigenvalue weighted by Gasteiger charge is 2.29. The molecule has 0 fully saturated rings. The summed E-state index contributed by atoms with van der Waals surface area (Å²) in [4.78, 5) is 35.5. The lowest BCUT2D eigenvalue weighted by Crippen LogP contribution is -2.16. The smallest absolute Gasteiger partial charge is 0.355 e. The fraction of sp³-hybridized carbons (Fsp3) is 0.158. The van der Waals surface area contributed by atoms with Crippen LogP contribution >= 0.6 is 0 Å². The second-order valence-corrected chi connectivity index (χ2v) is 5.74. The van der Waals surface area contributed by atoms with Gasteiger partial charge in [-0.15, -0.1) is 0 Å². The van der Waals surface area contributed by atoms with Crippen molar-refractivity contribution in [2.75, 3.05) is 14.2 Å². The van der Waals surface area contributed by atoms with Gasteiger partial charge in [-0.1, -0.05) is 30.3 Å². The van der Waals surface area contributed by atoms with Gasteiger partial charge in [0.1, 0.15) is 11.3 Å². The topological polar surface area (TPSA) is 101 Å². The molecule has 0 radical (unpaired) electrons. The van der Waals surface area contributed by atoms with Crippen molar-refractivity contribution in [3.8, 4) is 0 Å². The van der Waals surface area contributed by atoms with Gasteiger partial charge in [0.2, 0.25) is 0 Å². The third-order valence-corrected chi connectivity index (χ3v) is 4.21. The molecule has 0 atom stereocenters. The third kappa shape index (κ3) is 3.24. The highest BCUT2D eigenvalue weighted by atomic mass is 16.6. The van der Waals surface area contributed by atoms with Gasteiger partial charge < -0.3 is 14.0 Å². The molecule has 0 aliphatic heterocycles. The van der Waals surface area contributed by atoms with Crippen molar-refractivity contribution in [3.05, 3.63) is 75.5 Å². The van der Waals surface area contributed by atoms with E-state index in [1.807, 2.05) is 30.3 Å². The van der Waals surface area contributed by atoms with Gasteiger partial charge in [-0.3, -0.25) is 10.1 Å². The second-order valence-electron chi connectivity index (χ2n) is 5.74. The number of methoxy groups -OCH3 is 2. The number of ether oxygens (including phenoxy) is 2. The van der Waals surface area contributed by atoms with E-state index in [-0.39, 0.29) is 23.5 Å². The number of fused-ring (bicyclic) bond motifs is 1. The van der Waals surface area contributed by atoms with E-state index in [1.54, 1.807) is 0 Å². The summed E-state index contributed by atoms with van der Waals surface area (Å²) < 4.78 is 11.2. The monoisotopic (exact) mass is 368 g/mol. The van der Waals surface area contributed by atoms with Crippen LogP contribution in [0.4, 0.5) is 5.69 Å². The molecule has 27 heavy (non-hydrogen) atoms. The molecule has 1 aromatic heterocycles. The molecule has 138 valence electrons. The molecule has 0 aliphatic rings. The predicted octanol–water partition coefficient (Wildman–Crippen LogP) is 3.17. The number of carbonyl (C=O) groups is 2. The first kappa shape index (κ1) is 18.1. The minimum absolute atomic E-state index is 0.0105. The zero-order valence-corrected chi connectivity index (χ0v) is 14.7. The van der Waals surface area contributed by atoms with Crippen LogP contribution in [0.2, 0.25) is 0 Å². The molecule has 3 rings (SSSR count). The van der Waals surface area contributed by atoms with E-state index in [0.29, 0.717) is 10.9 Å². The summed E-state index contributed by atoms with van der Waals surface area (Å²) in [6, 6.07) is 13.3. The number of rotatable bonds is 5. The summed E-state index contributed by atoms with van der Waals surface area (Å²) in [5, 5.41) is 11.6. The van der Waals surface area contributed by atoms with Crippen LogP contribution < -0.4 is 0 Å². The summed E-state index contributed by atoms with van der Waals surface area (Å²) in [5.74, 6) is -1.45. The lowest BCUT2D eigenvalue weighted by Gasteiger charge is -2.10. The number of aromatic nitrogens is 1. The molecule has 0 spiro atoms. The maximum absolute atomic E-state index is 12.5.